The van der Waals surface area contributed by atoms with E-state index in [1.54, 1.807) is 61.7 Å². The Morgan fingerprint density at radius 3 is 2.23 bits per heavy atom. The molecule has 0 N–H and O–H groups in total. The molecule has 4 rings (SSSR count). The topological polar surface area (TPSA) is 74.2 Å². The van der Waals surface area contributed by atoms with Crippen molar-refractivity contribution in [2.75, 3.05) is 7.11 Å². The van der Waals surface area contributed by atoms with Gasteiger partial charge < -0.3 is 14.2 Å². The van der Waals surface area contributed by atoms with E-state index in [1.807, 2.05) is 0 Å². The first-order chi connectivity index (χ1) is 15.0. The van der Waals surface area contributed by atoms with Gasteiger partial charge >= 0.3 is 11.9 Å². The molecular weight excluding hydrogens is 401 g/mol. The normalized spacial score (nSPS) is 14.2. The van der Waals surface area contributed by atoms with Crippen LogP contribution in [-0.2, 0) is 9.53 Å². The highest BCUT2D eigenvalue weighted by Gasteiger charge is 2.24. The summed E-state index contributed by atoms with van der Waals surface area (Å²) in [4.78, 5) is 28.5. The Morgan fingerprint density at radius 1 is 0.935 bits per heavy atom. The van der Waals surface area contributed by atoms with Crippen LogP contribution in [0.4, 0.5) is 4.39 Å². The molecule has 0 radical (unpaired) electrons. The number of rotatable bonds is 5. The Morgan fingerprint density at radius 2 is 1.58 bits per heavy atom. The number of carbonyl (C=O) groups excluding carboxylic acids is 2. The summed E-state index contributed by atoms with van der Waals surface area (Å²) in [6.07, 6.45) is 1.57. The molecule has 0 saturated heterocycles. The van der Waals surface area contributed by atoms with E-state index in [0.717, 1.165) is 0 Å². The van der Waals surface area contributed by atoms with E-state index < -0.39 is 17.8 Å². The Kier molecular flexibility index (Phi) is 5.57. The average Bonchev–Trinajstić information content (AvgIpc) is 3.15. The van der Waals surface area contributed by atoms with E-state index in [4.69, 9.17) is 14.2 Å². The lowest BCUT2D eigenvalue weighted by molar-refractivity contribution is -0.129. The third kappa shape index (κ3) is 4.67. The van der Waals surface area contributed by atoms with Crippen LogP contribution in [0.3, 0.4) is 0 Å². The molecule has 0 bridgehead atoms. The van der Waals surface area contributed by atoms with Crippen molar-refractivity contribution >= 4 is 23.9 Å². The number of benzene rings is 3. The van der Waals surface area contributed by atoms with Crippen molar-refractivity contribution < 1.29 is 28.2 Å². The number of methoxy groups -OCH3 is 1. The van der Waals surface area contributed by atoms with Crippen molar-refractivity contribution in [2.45, 2.75) is 0 Å². The van der Waals surface area contributed by atoms with Gasteiger partial charge in [-0.3, -0.25) is 0 Å². The second-order valence-corrected chi connectivity index (χ2v) is 6.53. The highest BCUT2D eigenvalue weighted by Crippen LogP contribution is 2.22. The quantitative estimate of drug-likeness (QED) is 0.350. The molecule has 0 unspecified atom stereocenters. The average molecular weight is 417 g/mol. The van der Waals surface area contributed by atoms with Crippen molar-refractivity contribution in [2.24, 2.45) is 4.99 Å². The molecule has 31 heavy (non-hydrogen) atoms. The number of hydrogen-bond donors (Lipinski definition) is 0. The van der Waals surface area contributed by atoms with E-state index in [-0.39, 0.29) is 17.2 Å². The monoisotopic (exact) mass is 417 g/mol. The molecule has 154 valence electrons. The van der Waals surface area contributed by atoms with Crippen molar-refractivity contribution in [3.8, 4) is 11.5 Å². The minimum atomic E-state index is -0.598. The third-order valence-corrected chi connectivity index (χ3v) is 4.43. The standard InChI is InChI=1S/C24H16FNO5/c1-29-19-12-6-16(7-13-19)22-26-21(24(28)31-22)14-15-2-10-20(11-3-15)30-23(27)17-4-8-18(25)9-5-17/h2-14H,1H3/b21-14+. The maximum atomic E-state index is 13.0. The molecule has 0 atom stereocenters. The van der Waals surface area contributed by atoms with Crippen LogP contribution in [0.5, 0.6) is 11.5 Å². The second-order valence-electron chi connectivity index (χ2n) is 6.53. The van der Waals surface area contributed by atoms with Crippen LogP contribution in [0.15, 0.2) is 83.5 Å². The number of nitrogens with zero attached hydrogens (tertiary/aromatic N) is 1. The smallest absolute Gasteiger partial charge is 0.363 e. The van der Waals surface area contributed by atoms with Gasteiger partial charge in [0.2, 0.25) is 5.90 Å². The molecule has 0 saturated carbocycles. The number of hydrogen-bond acceptors (Lipinski definition) is 6. The number of halogens is 1. The lowest BCUT2D eigenvalue weighted by Gasteiger charge is -2.04. The fraction of sp³-hybridized carbons (Fsp3) is 0.0417. The van der Waals surface area contributed by atoms with Crippen LogP contribution in [0.1, 0.15) is 21.5 Å². The lowest BCUT2D eigenvalue weighted by atomic mass is 10.2. The van der Waals surface area contributed by atoms with Gasteiger partial charge in [0, 0.05) is 5.56 Å². The summed E-state index contributed by atoms with van der Waals surface area (Å²) in [5, 5.41) is 0. The molecule has 0 spiro atoms. The molecule has 0 aliphatic carbocycles. The highest BCUT2D eigenvalue weighted by atomic mass is 19.1. The van der Waals surface area contributed by atoms with E-state index in [9.17, 15) is 14.0 Å². The number of aliphatic imine (C=N–C) groups is 1. The van der Waals surface area contributed by atoms with Crippen LogP contribution in [0.2, 0.25) is 0 Å². The molecule has 0 fully saturated rings. The predicted octanol–water partition coefficient (Wildman–Crippen LogP) is 4.40. The largest absolute Gasteiger partial charge is 0.497 e. The Hall–Kier alpha value is -4.26. The Labute approximate surface area is 177 Å². The van der Waals surface area contributed by atoms with Gasteiger partial charge in [0.05, 0.1) is 12.7 Å². The van der Waals surface area contributed by atoms with Gasteiger partial charge in [-0.2, -0.15) is 0 Å². The number of ether oxygens (including phenoxy) is 3. The van der Waals surface area contributed by atoms with Crippen molar-refractivity contribution in [1.82, 2.24) is 0 Å². The maximum absolute atomic E-state index is 13.0. The second kappa shape index (κ2) is 8.62. The summed E-state index contributed by atoms with van der Waals surface area (Å²) in [7, 11) is 1.57. The van der Waals surface area contributed by atoms with Crippen molar-refractivity contribution in [1.29, 1.82) is 0 Å². The summed E-state index contributed by atoms with van der Waals surface area (Å²) in [5.74, 6) is -0.379. The summed E-state index contributed by atoms with van der Waals surface area (Å²) < 4.78 is 28.6. The van der Waals surface area contributed by atoms with E-state index in [1.165, 1.54) is 24.3 Å². The van der Waals surface area contributed by atoms with Crippen LogP contribution in [0, 0.1) is 5.82 Å². The van der Waals surface area contributed by atoms with Gasteiger partial charge in [-0.15, -0.1) is 0 Å². The first-order valence-corrected chi connectivity index (χ1v) is 9.26. The highest BCUT2D eigenvalue weighted by molar-refractivity contribution is 6.12. The summed E-state index contributed by atoms with van der Waals surface area (Å²) in [6, 6.07) is 18.6. The zero-order chi connectivity index (χ0) is 21.8. The van der Waals surface area contributed by atoms with Gasteiger partial charge in [-0.05, 0) is 72.3 Å². The molecule has 1 heterocycles. The Bertz CT molecular complexity index is 1180. The van der Waals surface area contributed by atoms with Crippen molar-refractivity contribution in [3.05, 3.63) is 101 Å². The van der Waals surface area contributed by atoms with Gasteiger partial charge in [-0.25, -0.2) is 19.0 Å². The van der Waals surface area contributed by atoms with Gasteiger partial charge in [0.25, 0.3) is 0 Å². The van der Waals surface area contributed by atoms with Crippen LogP contribution in [-0.4, -0.2) is 24.9 Å². The first kappa shape index (κ1) is 20.0. The SMILES string of the molecule is COc1ccc(C2=N/C(=C/c3ccc(OC(=O)c4ccc(F)cc4)cc3)C(=O)O2)cc1. The third-order valence-electron chi connectivity index (χ3n) is 4.43. The summed E-state index contributed by atoms with van der Waals surface area (Å²) in [6.45, 7) is 0. The van der Waals surface area contributed by atoms with Crippen molar-refractivity contribution in [3.63, 3.8) is 0 Å². The van der Waals surface area contributed by atoms with Gasteiger partial charge in [0.1, 0.15) is 17.3 Å². The molecule has 3 aromatic rings. The fourth-order valence-corrected chi connectivity index (χ4v) is 2.81. The zero-order valence-electron chi connectivity index (χ0n) is 16.4. The zero-order valence-corrected chi connectivity index (χ0v) is 16.4. The molecular formula is C24H16FNO5. The molecule has 7 heteroatoms. The summed E-state index contributed by atoms with van der Waals surface area (Å²) >= 11 is 0. The lowest BCUT2D eigenvalue weighted by Crippen LogP contribution is -2.08. The Balaban J connectivity index is 1.47. The minimum Gasteiger partial charge on any atom is -0.497 e. The molecule has 1 aliphatic rings. The van der Waals surface area contributed by atoms with Gasteiger partial charge in [-0.1, -0.05) is 12.1 Å². The van der Waals surface area contributed by atoms with E-state index >= 15 is 0 Å². The van der Waals surface area contributed by atoms with Gasteiger partial charge in [0.15, 0.2) is 5.70 Å². The number of carbonyl (C=O) groups is 2. The molecule has 3 aromatic carbocycles. The first-order valence-electron chi connectivity index (χ1n) is 9.26. The van der Waals surface area contributed by atoms with E-state index in [0.29, 0.717) is 22.6 Å². The van der Waals surface area contributed by atoms with E-state index in [2.05, 4.69) is 4.99 Å². The van der Waals surface area contributed by atoms with Crippen LogP contribution in [0.25, 0.3) is 6.08 Å². The minimum absolute atomic E-state index is 0.155. The predicted molar refractivity (Wildman–Crippen MR) is 111 cm³/mol. The fourth-order valence-electron chi connectivity index (χ4n) is 2.81. The summed E-state index contributed by atoms with van der Waals surface area (Å²) in [5.41, 5.74) is 1.72. The molecule has 0 aromatic heterocycles. The molecule has 1 aliphatic heterocycles. The molecule has 0 amide bonds. The number of cyclic esters (lactones) is 1. The van der Waals surface area contributed by atoms with Crippen LogP contribution >= 0.6 is 0 Å². The molecule has 6 nitrogen and oxygen atoms in total. The number of esters is 2. The maximum Gasteiger partial charge on any atom is 0.363 e. The van der Waals surface area contributed by atoms with Crippen LogP contribution < -0.4 is 9.47 Å².